The number of hydrogen-bond acceptors (Lipinski definition) is 3. The van der Waals surface area contributed by atoms with E-state index in [2.05, 4.69) is 47.8 Å². The Morgan fingerprint density at radius 1 is 1.56 bits per heavy atom. The molecule has 0 radical (unpaired) electrons. The van der Waals surface area contributed by atoms with E-state index >= 15 is 0 Å². The van der Waals surface area contributed by atoms with Crippen LogP contribution in [0.4, 0.5) is 0 Å². The van der Waals surface area contributed by atoms with Crippen LogP contribution in [0.15, 0.2) is 16.8 Å². The van der Waals surface area contributed by atoms with Gasteiger partial charge in [0.2, 0.25) is 0 Å². The van der Waals surface area contributed by atoms with Gasteiger partial charge in [0.25, 0.3) is 0 Å². The van der Waals surface area contributed by atoms with Crippen molar-refractivity contribution in [2.24, 2.45) is 0 Å². The molecule has 0 amide bonds. The van der Waals surface area contributed by atoms with Crippen molar-refractivity contribution < 1.29 is 0 Å². The molecule has 1 aromatic heterocycles. The second-order valence-electron chi connectivity index (χ2n) is 5.04. The third-order valence-corrected chi connectivity index (χ3v) is 4.22. The third-order valence-electron chi connectivity index (χ3n) is 3.49. The maximum absolute atomic E-state index is 3.54. The molecule has 2 nitrogen and oxygen atoms in total. The van der Waals surface area contributed by atoms with E-state index < -0.39 is 0 Å². The Bertz CT molecular complexity index is 310. The third kappa shape index (κ3) is 2.84. The fraction of sp³-hybridized carbons (Fsp3) is 0.692. The van der Waals surface area contributed by atoms with Crippen LogP contribution in [-0.2, 0) is 6.42 Å². The average Bonchev–Trinajstić information content (AvgIpc) is 2.74. The van der Waals surface area contributed by atoms with Crippen LogP contribution in [0.2, 0.25) is 0 Å². The predicted molar refractivity (Wildman–Crippen MR) is 71.1 cm³/mol. The van der Waals surface area contributed by atoms with Gasteiger partial charge in [0, 0.05) is 31.2 Å². The number of nitrogens with one attached hydrogen (secondary N) is 1. The van der Waals surface area contributed by atoms with Gasteiger partial charge < -0.3 is 5.32 Å². The van der Waals surface area contributed by atoms with Crippen LogP contribution in [-0.4, -0.2) is 36.1 Å². The average molecular weight is 238 g/mol. The van der Waals surface area contributed by atoms with Crippen molar-refractivity contribution in [2.45, 2.75) is 45.3 Å². The molecule has 1 saturated heterocycles. The molecule has 1 aliphatic rings. The summed E-state index contributed by atoms with van der Waals surface area (Å²) in [5.74, 6) is 0. The van der Waals surface area contributed by atoms with Gasteiger partial charge in [0.15, 0.2) is 0 Å². The van der Waals surface area contributed by atoms with Crippen molar-refractivity contribution in [1.82, 2.24) is 10.2 Å². The monoisotopic (exact) mass is 238 g/mol. The molecule has 90 valence electrons. The largest absolute Gasteiger partial charge is 0.311 e. The predicted octanol–water partition coefficient (Wildman–Crippen LogP) is 2.36. The van der Waals surface area contributed by atoms with Gasteiger partial charge in [0.05, 0.1) is 0 Å². The van der Waals surface area contributed by atoms with Crippen molar-refractivity contribution in [3.8, 4) is 0 Å². The van der Waals surface area contributed by atoms with E-state index in [1.165, 1.54) is 18.5 Å². The summed E-state index contributed by atoms with van der Waals surface area (Å²) in [6.45, 7) is 9.24. The Morgan fingerprint density at radius 3 is 3.06 bits per heavy atom. The minimum absolute atomic E-state index is 0.626. The highest BCUT2D eigenvalue weighted by Gasteiger charge is 2.26. The highest BCUT2D eigenvalue weighted by Crippen LogP contribution is 2.16. The summed E-state index contributed by atoms with van der Waals surface area (Å²) >= 11 is 1.80. The standard InChI is InChI=1S/C13H22N2S/c1-10-8-15(12(3)7-14-10)11(2)6-13-4-5-16-9-13/h4-5,9-12,14H,6-8H2,1-3H3. The molecule has 0 aromatic carbocycles. The molecule has 0 bridgehead atoms. The summed E-state index contributed by atoms with van der Waals surface area (Å²) in [4.78, 5) is 2.64. The smallest absolute Gasteiger partial charge is 0.0196 e. The summed E-state index contributed by atoms with van der Waals surface area (Å²) in [6.07, 6.45) is 1.18. The fourth-order valence-electron chi connectivity index (χ4n) is 2.53. The summed E-state index contributed by atoms with van der Waals surface area (Å²) < 4.78 is 0. The first-order valence-corrected chi connectivity index (χ1v) is 7.11. The lowest BCUT2D eigenvalue weighted by atomic mass is 10.0. The van der Waals surface area contributed by atoms with E-state index in [1.54, 1.807) is 11.3 Å². The molecule has 0 saturated carbocycles. The second kappa shape index (κ2) is 5.30. The van der Waals surface area contributed by atoms with Gasteiger partial charge in [-0.2, -0.15) is 11.3 Å². The van der Waals surface area contributed by atoms with Gasteiger partial charge in [-0.25, -0.2) is 0 Å². The topological polar surface area (TPSA) is 15.3 Å². The van der Waals surface area contributed by atoms with Gasteiger partial charge in [-0.05, 0) is 49.6 Å². The first kappa shape index (κ1) is 12.1. The maximum atomic E-state index is 3.54. The van der Waals surface area contributed by atoms with Gasteiger partial charge >= 0.3 is 0 Å². The molecular formula is C13H22N2S. The molecular weight excluding hydrogens is 216 g/mol. The van der Waals surface area contributed by atoms with Crippen molar-refractivity contribution in [1.29, 1.82) is 0 Å². The zero-order chi connectivity index (χ0) is 11.5. The van der Waals surface area contributed by atoms with Crippen LogP contribution in [0.5, 0.6) is 0 Å². The molecule has 3 unspecified atom stereocenters. The Labute approximate surface area is 103 Å². The zero-order valence-corrected chi connectivity index (χ0v) is 11.3. The van der Waals surface area contributed by atoms with E-state index in [4.69, 9.17) is 0 Å². The molecule has 0 spiro atoms. The molecule has 0 aliphatic carbocycles. The van der Waals surface area contributed by atoms with Crippen LogP contribution in [0.1, 0.15) is 26.3 Å². The molecule has 2 rings (SSSR count). The fourth-order valence-corrected chi connectivity index (χ4v) is 3.21. The number of rotatable bonds is 3. The van der Waals surface area contributed by atoms with Crippen molar-refractivity contribution in [2.75, 3.05) is 13.1 Å². The van der Waals surface area contributed by atoms with Gasteiger partial charge in [-0.1, -0.05) is 0 Å². The van der Waals surface area contributed by atoms with E-state index in [0.717, 1.165) is 6.54 Å². The molecule has 1 N–H and O–H groups in total. The van der Waals surface area contributed by atoms with Crippen LogP contribution < -0.4 is 5.32 Å². The van der Waals surface area contributed by atoms with E-state index in [0.29, 0.717) is 18.1 Å². The highest BCUT2D eigenvalue weighted by molar-refractivity contribution is 7.07. The molecule has 3 heteroatoms. The molecule has 2 heterocycles. The van der Waals surface area contributed by atoms with Crippen LogP contribution in [0.3, 0.4) is 0 Å². The Hall–Kier alpha value is -0.380. The summed E-state index contributed by atoms with van der Waals surface area (Å²) in [5, 5.41) is 7.98. The molecule has 16 heavy (non-hydrogen) atoms. The van der Waals surface area contributed by atoms with E-state index in [1.807, 2.05) is 0 Å². The normalized spacial score (nSPS) is 29.2. The van der Waals surface area contributed by atoms with E-state index in [9.17, 15) is 0 Å². The zero-order valence-electron chi connectivity index (χ0n) is 10.4. The maximum Gasteiger partial charge on any atom is 0.0196 e. The number of hydrogen-bond donors (Lipinski definition) is 1. The van der Waals surface area contributed by atoms with Crippen LogP contribution in [0, 0.1) is 0 Å². The molecule has 1 fully saturated rings. The molecule has 1 aromatic rings. The quantitative estimate of drug-likeness (QED) is 0.869. The van der Waals surface area contributed by atoms with E-state index in [-0.39, 0.29) is 0 Å². The first-order chi connectivity index (χ1) is 7.66. The van der Waals surface area contributed by atoms with Crippen molar-refractivity contribution in [3.05, 3.63) is 22.4 Å². The SMILES string of the molecule is CC1CN(C(C)Cc2ccsc2)C(C)CN1. The van der Waals surface area contributed by atoms with Crippen molar-refractivity contribution >= 4 is 11.3 Å². The van der Waals surface area contributed by atoms with Crippen molar-refractivity contribution in [3.63, 3.8) is 0 Å². The Balaban J connectivity index is 1.94. The van der Waals surface area contributed by atoms with Crippen LogP contribution in [0.25, 0.3) is 0 Å². The summed E-state index contributed by atoms with van der Waals surface area (Å²) in [6, 6.07) is 4.18. The van der Waals surface area contributed by atoms with Gasteiger partial charge in [-0.3, -0.25) is 4.90 Å². The lowest BCUT2D eigenvalue weighted by Crippen LogP contribution is -2.57. The minimum atomic E-state index is 0.626. The molecule has 3 atom stereocenters. The first-order valence-electron chi connectivity index (χ1n) is 6.17. The van der Waals surface area contributed by atoms with Gasteiger partial charge in [-0.15, -0.1) is 0 Å². The summed E-state index contributed by atoms with van der Waals surface area (Å²) in [7, 11) is 0. The highest BCUT2D eigenvalue weighted by atomic mass is 32.1. The van der Waals surface area contributed by atoms with Crippen LogP contribution >= 0.6 is 11.3 Å². The number of thiophene rings is 1. The second-order valence-corrected chi connectivity index (χ2v) is 5.82. The molecule has 1 aliphatic heterocycles. The lowest BCUT2D eigenvalue weighted by Gasteiger charge is -2.41. The Morgan fingerprint density at radius 2 is 2.38 bits per heavy atom. The lowest BCUT2D eigenvalue weighted by molar-refractivity contribution is 0.103. The number of nitrogens with zero attached hydrogens (tertiary/aromatic N) is 1. The minimum Gasteiger partial charge on any atom is -0.311 e. The van der Waals surface area contributed by atoms with Gasteiger partial charge in [0.1, 0.15) is 0 Å². The summed E-state index contributed by atoms with van der Waals surface area (Å²) in [5.41, 5.74) is 1.48. The number of piperazine rings is 1. The Kier molecular flexibility index (Phi) is 4.00.